The van der Waals surface area contributed by atoms with Crippen LogP contribution in [-0.2, 0) is 11.3 Å². The fourth-order valence-electron chi connectivity index (χ4n) is 2.89. The van der Waals surface area contributed by atoms with Gasteiger partial charge < -0.3 is 13.9 Å². The molecular weight excluding hydrogens is 378 g/mol. The van der Waals surface area contributed by atoms with Crippen LogP contribution in [-0.4, -0.2) is 17.5 Å². The van der Waals surface area contributed by atoms with E-state index in [1.165, 1.54) is 18.2 Å². The highest BCUT2D eigenvalue weighted by atomic mass is 16.6. The summed E-state index contributed by atoms with van der Waals surface area (Å²) in [7, 11) is 0. The second kappa shape index (κ2) is 8.14. The second-order valence-electron chi connectivity index (χ2n) is 6.47. The lowest BCUT2D eigenvalue weighted by Crippen LogP contribution is -2.09. The number of ether oxygens (including phenoxy) is 2. The van der Waals surface area contributed by atoms with Gasteiger partial charge in [0.1, 0.15) is 12.2 Å². The molecule has 0 saturated carbocycles. The number of fused-ring (bicyclic) bond motifs is 1. The molecule has 150 valence electrons. The summed E-state index contributed by atoms with van der Waals surface area (Å²) >= 11 is 0. The second-order valence-corrected chi connectivity index (χ2v) is 6.47. The van der Waals surface area contributed by atoms with E-state index in [-0.39, 0.29) is 30.2 Å². The van der Waals surface area contributed by atoms with Crippen LogP contribution in [0.2, 0.25) is 0 Å². The Labute approximate surface area is 165 Å². The minimum absolute atomic E-state index is 0.0134. The van der Waals surface area contributed by atoms with Crippen LogP contribution < -0.4 is 10.4 Å². The molecular formula is C21H19NO7. The summed E-state index contributed by atoms with van der Waals surface area (Å²) < 4.78 is 15.7. The largest absolute Gasteiger partial charge is 0.487 e. The van der Waals surface area contributed by atoms with Gasteiger partial charge >= 0.3 is 17.3 Å². The van der Waals surface area contributed by atoms with Crippen LogP contribution in [0.1, 0.15) is 34.0 Å². The highest BCUT2D eigenvalue weighted by Gasteiger charge is 2.20. The Morgan fingerprint density at radius 3 is 2.55 bits per heavy atom. The molecule has 8 nitrogen and oxygen atoms in total. The number of rotatable bonds is 6. The van der Waals surface area contributed by atoms with Crippen LogP contribution in [0.15, 0.2) is 45.6 Å². The van der Waals surface area contributed by atoms with Crippen LogP contribution in [0.3, 0.4) is 0 Å². The quantitative estimate of drug-likeness (QED) is 0.267. The van der Waals surface area contributed by atoms with Gasteiger partial charge in [-0.3, -0.25) is 10.1 Å². The molecule has 0 amide bonds. The molecule has 0 bridgehead atoms. The van der Waals surface area contributed by atoms with Gasteiger partial charge in [-0.1, -0.05) is 0 Å². The minimum atomic E-state index is -0.749. The Bertz CT molecular complexity index is 1160. The zero-order chi connectivity index (χ0) is 21.1. The molecule has 8 heteroatoms. The standard InChI is InChI=1S/C21H19NO7/c1-4-27-18-6-5-14(9-17(18)22(25)26)21(24)28-11-15-10-20(23)29-19-8-13(3)12(2)7-16(15)19/h5-10H,4,11H2,1-3H3. The van der Waals surface area contributed by atoms with Crippen LogP contribution >= 0.6 is 0 Å². The molecule has 1 heterocycles. The fourth-order valence-corrected chi connectivity index (χ4v) is 2.89. The monoisotopic (exact) mass is 397 g/mol. The van der Waals surface area contributed by atoms with Gasteiger partial charge in [0.2, 0.25) is 0 Å². The number of carbonyl (C=O) groups is 1. The molecule has 3 rings (SSSR count). The number of esters is 1. The van der Waals surface area contributed by atoms with Gasteiger partial charge in [0.25, 0.3) is 0 Å². The minimum Gasteiger partial charge on any atom is -0.487 e. The van der Waals surface area contributed by atoms with Crippen molar-refractivity contribution in [3.8, 4) is 5.75 Å². The number of nitro groups is 1. The van der Waals surface area contributed by atoms with Gasteiger partial charge in [0, 0.05) is 23.1 Å². The molecule has 1 aromatic heterocycles. The topological polar surface area (TPSA) is 109 Å². The van der Waals surface area contributed by atoms with Crippen molar-refractivity contribution in [1.29, 1.82) is 0 Å². The highest BCUT2D eigenvalue weighted by molar-refractivity contribution is 5.91. The molecule has 0 spiro atoms. The number of benzene rings is 2. The summed E-state index contributed by atoms with van der Waals surface area (Å²) in [4.78, 5) is 34.9. The maximum atomic E-state index is 12.4. The number of carbonyl (C=O) groups excluding carboxylic acids is 1. The van der Waals surface area contributed by atoms with Gasteiger partial charge in [0.05, 0.1) is 17.1 Å². The first-order valence-corrected chi connectivity index (χ1v) is 8.92. The molecule has 0 unspecified atom stereocenters. The molecule has 0 radical (unpaired) electrons. The third-order valence-corrected chi connectivity index (χ3v) is 4.49. The lowest BCUT2D eigenvalue weighted by molar-refractivity contribution is -0.385. The zero-order valence-electron chi connectivity index (χ0n) is 16.2. The van der Waals surface area contributed by atoms with Crippen molar-refractivity contribution in [3.05, 3.63) is 79.2 Å². The molecule has 0 aliphatic rings. The first kappa shape index (κ1) is 20.1. The third kappa shape index (κ3) is 4.26. The Kier molecular flexibility index (Phi) is 5.63. The third-order valence-electron chi connectivity index (χ3n) is 4.49. The van der Waals surface area contributed by atoms with Crippen LogP contribution in [0.5, 0.6) is 5.75 Å². The molecule has 0 saturated heterocycles. The number of nitro benzene ring substituents is 1. The Morgan fingerprint density at radius 2 is 1.86 bits per heavy atom. The maximum absolute atomic E-state index is 12.4. The number of hydrogen-bond donors (Lipinski definition) is 0. The highest BCUT2D eigenvalue weighted by Crippen LogP contribution is 2.28. The van der Waals surface area contributed by atoms with Gasteiger partial charge in [-0.2, -0.15) is 0 Å². The van der Waals surface area contributed by atoms with Gasteiger partial charge in [-0.15, -0.1) is 0 Å². The summed E-state index contributed by atoms with van der Waals surface area (Å²) in [5.74, 6) is -0.673. The fraction of sp³-hybridized carbons (Fsp3) is 0.238. The molecule has 3 aromatic rings. The van der Waals surface area contributed by atoms with Crippen molar-refractivity contribution in [2.75, 3.05) is 6.61 Å². The van der Waals surface area contributed by atoms with Crippen molar-refractivity contribution >= 4 is 22.6 Å². The van der Waals surface area contributed by atoms with Crippen molar-refractivity contribution in [2.45, 2.75) is 27.4 Å². The predicted molar refractivity (Wildman–Crippen MR) is 105 cm³/mol. The number of hydrogen-bond acceptors (Lipinski definition) is 7. The SMILES string of the molecule is CCOc1ccc(C(=O)OCc2cc(=O)oc3cc(C)c(C)cc23)cc1[N+](=O)[O-]. The first-order valence-electron chi connectivity index (χ1n) is 8.92. The summed E-state index contributed by atoms with van der Waals surface area (Å²) in [6.45, 7) is 5.61. The van der Waals surface area contributed by atoms with Crippen molar-refractivity contribution in [3.63, 3.8) is 0 Å². The van der Waals surface area contributed by atoms with E-state index >= 15 is 0 Å². The molecule has 0 aliphatic carbocycles. The van der Waals surface area contributed by atoms with Gasteiger partial charge in [0.15, 0.2) is 5.75 Å². The van der Waals surface area contributed by atoms with E-state index in [0.29, 0.717) is 16.5 Å². The average molecular weight is 397 g/mol. The molecule has 0 N–H and O–H groups in total. The molecule has 0 aliphatic heterocycles. The number of nitrogens with zero attached hydrogens (tertiary/aromatic N) is 1. The Morgan fingerprint density at radius 1 is 1.14 bits per heavy atom. The van der Waals surface area contributed by atoms with E-state index in [4.69, 9.17) is 13.9 Å². The van der Waals surface area contributed by atoms with Crippen molar-refractivity contribution < 1.29 is 23.6 Å². The lowest BCUT2D eigenvalue weighted by atomic mass is 10.0. The average Bonchev–Trinajstić information content (AvgIpc) is 2.67. The summed E-state index contributed by atoms with van der Waals surface area (Å²) in [6, 6.07) is 8.75. The normalized spacial score (nSPS) is 10.7. The van der Waals surface area contributed by atoms with E-state index in [0.717, 1.165) is 17.2 Å². The predicted octanol–water partition coefficient (Wildman–Crippen LogP) is 4.07. The lowest BCUT2D eigenvalue weighted by Gasteiger charge is -2.10. The Balaban J connectivity index is 1.88. The van der Waals surface area contributed by atoms with E-state index in [1.54, 1.807) is 13.0 Å². The molecule has 29 heavy (non-hydrogen) atoms. The molecule has 0 fully saturated rings. The van der Waals surface area contributed by atoms with Crippen LogP contribution in [0.25, 0.3) is 11.0 Å². The van der Waals surface area contributed by atoms with Gasteiger partial charge in [-0.25, -0.2) is 9.59 Å². The summed E-state index contributed by atoms with van der Waals surface area (Å²) in [6.07, 6.45) is 0. The summed E-state index contributed by atoms with van der Waals surface area (Å²) in [5, 5.41) is 11.9. The van der Waals surface area contributed by atoms with Gasteiger partial charge in [-0.05, 0) is 56.2 Å². The van der Waals surface area contributed by atoms with E-state index < -0.39 is 16.5 Å². The smallest absolute Gasteiger partial charge is 0.338 e. The summed E-state index contributed by atoms with van der Waals surface area (Å²) in [5.41, 5.74) is 2.01. The zero-order valence-corrected chi connectivity index (χ0v) is 16.2. The maximum Gasteiger partial charge on any atom is 0.338 e. The van der Waals surface area contributed by atoms with Crippen LogP contribution in [0.4, 0.5) is 5.69 Å². The van der Waals surface area contributed by atoms with E-state index in [2.05, 4.69) is 0 Å². The molecule has 2 aromatic carbocycles. The van der Waals surface area contributed by atoms with E-state index in [1.807, 2.05) is 19.9 Å². The van der Waals surface area contributed by atoms with Crippen molar-refractivity contribution in [2.24, 2.45) is 0 Å². The van der Waals surface area contributed by atoms with E-state index in [9.17, 15) is 19.7 Å². The van der Waals surface area contributed by atoms with Crippen molar-refractivity contribution in [1.82, 2.24) is 0 Å². The van der Waals surface area contributed by atoms with Crippen LogP contribution in [0, 0.1) is 24.0 Å². The first-order chi connectivity index (χ1) is 13.8. The molecule has 0 atom stereocenters. The Hall–Kier alpha value is -3.68. The number of aryl methyl sites for hydroxylation is 2.